The molecule has 1 aromatic heterocycles. The SMILES string of the molecule is Nc1ccc(C(=O)OC(Cc2c(Cl)c[nH]c(=O)c2Cl)c2ccc(OC(F)F)c(OCC3CC3)c2)cc1. The lowest BCUT2D eigenvalue weighted by molar-refractivity contribution is -0.0515. The molecule has 0 radical (unpaired) electrons. The number of hydrogen-bond donors (Lipinski definition) is 2. The fourth-order valence-corrected chi connectivity index (χ4v) is 3.97. The van der Waals surface area contributed by atoms with Crippen molar-refractivity contribution in [2.45, 2.75) is 32.0 Å². The highest BCUT2D eigenvalue weighted by atomic mass is 35.5. The first-order valence-electron chi connectivity index (χ1n) is 11.0. The first-order valence-corrected chi connectivity index (χ1v) is 11.8. The molecule has 1 atom stereocenters. The number of ether oxygens (including phenoxy) is 3. The largest absolute Gasteiger partial charge is 0.489 e. The van der Waals surface area contributed by atoms with E-state index in [9.17, 15) is 18.4 Å². The number of nitrogens with two attached hydrogens (primary N) is 1. The molecule has 2 aromatic carbocycles. The standard InChI is InChI=1S/C25H22Cl2F2N2O5/c26-18-11-31-23(32)22(27)17(18)10-20(35-24(33)14-3-6-16(30)7-4-14)15-5-8-19(36-25(28)29)21(9-15)34-12-13-1-2-13/h3-9,11,13,20,25H,1-2,10,12,30H2,(H,31,32). The lowest BCUT2D eigenvalue weighted by atomic mass is 10.0. The summed E-state index contributed by atoms with van der Waals surface area (Å²) >= 11 is 12.5. The maximum absolute atomic E-state index is 13.0. The van der Waals surface area contributed by atoms with Crippen molar-refractivity contribution in [1.82, 2.24) is 4.98 Å². The molecule has 0 saturated heterocycles. The molecule has 0 bridgehead atoms. The molecule has 7 nitrogen and oxygen atoms in total. The van der Waals surface area contributed by atoms with Crippen molar-refractivity contribution in [2.24, 2.45) is 5.92 Å². The summed E-state index contributed by atoms with van der Waals surface area (Å²) in [6.45, 7) is -2.71. The van der Waals surface area contributed by atoms with Gasteiger partial charge < -0.3 is 24.9 Å². The van der Waals surface area contributed by atoms with Crippen molar-refractivity contribution in [3.8, 4) is 11.5 Å². The highest BCUT2D eigenvalue weighted by Crippen LogP contribution is 2.37. The molecule has 1 saturated carbocycles. The van der Waals surface area contributed by atoms with E-state index in [1.54, 1.807) is 12.1 Å². The summed E-state index contributed by atoms with van der Waals surface area (Å²) in [6.07, 6.45) is 2.20. The quantitative estimate of drug-likeness (QED) is 0.250. The van der Waals surface area contributed by atoms with E-state index in [0.29, 0.717) is 23.8 Å². The topological polar surface area (TPSA) is 104 Å². The molecule has 0 aliphatic heterocycles. The first kappa shape index (κ1) is 25.8. The Labute approximate surface area is 215 Å². The maximum Gasteiger partial charge on any atom is 0.387 e. The van der Waals surface area contributed by atoms with Gasteiger partial charge >= 0.3 is 12.6 Å². The second-order valence-electron chi connectivity index (χ2n) is 8.32. The van der Waals surface area contributed by atoms with Gasteiger partial charge in [0.05, 0.1) is 17.2 Å². The molecule has 1 aliphatic rings. The Morgan fingerprint density at radius 3 is 2.50 bits per heavy atom. The minimum atomic E-state index is -3.05. The van der Waals surface area contributed by atoms with Gasteiger partial charge in [-0.2, -0.15) is 8.78 Å². The zero-order valence-corrected chi connectivity index (χ0v) is 20.3. The van der Waals surface area contributed by atoms with Gasteiger partial charge in [-0.3, -0.25) is 4.79 Å². The van der Waals surface area contributed by atoms with Crippen LogP contribution in [0.25, 0.3) is 0 Å². The number of H-pyrrole nitrogens is 1. The molecule has 1 unspecified atom stereocenters. The van der Waals surface area contributed by atoms with Gasteiger partial charge in [-0.15, -0.1) is 0 Å². The highest BCUT2D eigenvalue weighted by Gasteiger charge is 2.26. The molecule has 1 heterocycles. The van der Waals surface area contributed by atoms with Crippen LogP contribution in [-0.2, 0) is 11.2 Å². The second kappa shape index (κ2) is 11.2. The van der Waals surface area contributed by atoms with Crippen molar-refractivity contribution >= 4 is 34.9 Å². The van der Waals surface area contributed by atoms with E-state index in [-0.39, 0.29) is 39.1 Å². The number of carbonyl (C=O) groups is 1. The van der Waals surface area contributed by atoms with Crippen molar-refractivity contribution in [3.63, 3.8) is 0 Å². The average Bonchev–Trinajstić information content (AvgIpc) is 3.67. The number of nitrogen functional groups attached to an aromatic ring is 1. The number of pyridine rings is 1. The summed E-state index contributed by atoms with van der Waals surface area (Å²) in [7, 11) is 0. The summed E-state index contributed by atoms with van der Waals surface area (Å²) in [6, 6.07) is 10.4. The first-order chi connectivity index (χ1) is 17.2. The molecule has 11 heteroatoms. The third-order valence-corrected chi connectivity index (χ3v) is 6.33. The Kier molecular flexibility index (Phi) is 8.01. The molecule has 4 rings (SSSR count). The number of anilines is 1. The van der Waals surface area contributed by atoms with E-state index in [1.165, 1.54) is 36.5 Å². The maximum atomic E-state index is 13.0. The number of benzene rings is 2. The van der Waals surface area contributed by atoms with E-state index >= 15 is 0 Å². The molecule has 3 aromatic rings. The zero-order valence-electron chi connectivity index (χ0n) is 18.8. The predicted octanol–water partition coefficient (Wildman–Crippen LogP) is 5.79. The number of aromatic nitrogens is 1. The Hall–Kier alpha value is -3.30. The third-order valence-electron chi connectivity index (χ3n) is 5.59. The van der Waals surface area contributed by atoms with Gasteiger partial charge in [0.1, 0.15) is 11.1 Å². The number of hydrogen-bond acceptors (Lipinski definition) is 6. The number of esters is 1. The number of rotatable bonds is 10. The summed E-state index contributed by atoms with van der Waals surface area (Å²) in [5.74, 6) is -0.395. The van der Waals surface area contributed by atoms with Gasteiger partial charge in [-0.05, 0) is 60.7 Å². The van der Waals surface area contributed by atoms with E-state index in [2.05, 4.69) is 9.72 Å². The molecule has 1 aliphatic carbocycles. The fraction of sp³-hybridized carbons (Fsp3) is 0.280. The minimum Gasteiger partial charge on any atom is -0.489 e. The number of alkyl halides is 2. The van der Waals surface area contributed by atoms with Gasteiger partial charge in [0.25, 0.3) is 5.56 Å². The van der Waals surface area contributed by atoms with Crippen LogP contribution in [0.4, 0.5) is 14.5 Å². The highest BCUT2D eigenvalue weighted by molar-refractivity contribution is 6.35. The summed E-state index contributed by atoms with van der Waals surface area (Å²) < 4.78 is 42.0. The number of carbonyl (C=O) groups excluding carboxylic acids is 1. The van der Waals surface area contributed by atoms with Crippen LogP contribution in [0.2, 0.25) is 10.0 Å². The lowest BCUT2D eigenvalue weighted by Crippen LogP contribution is -2.17. The monoisotopic (exact) mass is 538 g/mol. The van der Waals surface area contributed by atoms with Gasteiger partial charge in [0, 0.05) is 23.9 Å². The fourth-order valence-electron chi connectivity index (χ4n) is 3.46. The summed E-state index contributed by atoms with van der Waals surface area (Å²) in [4.78, 5) is 27.4. The molecular formula is C25H22Cl2F2N2O5. The van der Waals surface area contributed by atoms with Gasteiger partial charge in [-0.25, -0.2) is 4.79 Å². The molecule has 190 valence electrons. The molecule has 36 heavy (non-hydrogen) atoms. The van der Waals surface area contributed by atoms with Crippen LogP contribution < -0.4 is 20.8 Å². The Morgan fingerprint density at radius 1 is 1.11 bits per heavy atom. The average molecular weight is 539 g/mol. The second-order valence-corrected chi connectivity index (χ2v) is 9.10. The van der Waals surface area contributed by atoms with Crippen LogP contribution in [0.5, 0.6) is 11.5 Å². The number of halogens is 4. The van der Waals surface area contributed by atoms with Crippen LogP contribution in [0.3, 0.4) is 0 Å². The van der Waals surface area contributed by atoms with Crippen molar-refractivity contribution < 1.29 is 27.8 Å². The smallest absolute Gasteiger partial charge is 0.387 e. The molecule has 3 N–H and O–H groups in total. The lowest BCUT2D eigenvalue weighted by Gasteiger charge is -2.21. The Balaban J connectivity index is 1.70. The van der Waals surface area contributed by atoms with E-state index in [4.69, 9.17) is 38.4 Å². The summed E-state index contributed by atoms with van der Waals surface area (Å²) in [5.41, 5.74) is 6.50. The van der Waals surface area contributed by atoms with Crippen LogP contribution in [-0.4, -0.2) is 24.2 Å². The number of aromatic amines is 1. The normalized spacial score (nSPS) is 13.9. The van der Waals surface area contributed by atoms with Crippen LogP contribution in [0.15, 0.2) is 53.5 Å². The molecular weight excluding hydrogens is 517 g/mol. The van der Waals surface area contributed by atoms with E-state index < -0.39 is 24.2 Å². The van der Waals surface area contributed by atoms with E-state index in [0.717, 1.165) is 12.8 Å². The zero-order chi connectivity index (χ0) is 25.8. The van der Waals surface area contributed by atoms with Crippen molar-refractivity contribution in [2.75, 3.05) is 12.3 Å². The molecule has 0 amide bonds. The van der Waals surface area contributed by atoms with Crippen LogP contribution in [0.1, 0.15) is 40.4 Å². The van der Waals surface area contributed by atoms with E-state index in [1.807, 2.05) is 0 Å². The predicted molar refractivity (Wildman–Crippen MR) is 131 cm³/mol. The van der Waals surface area contributed by atoms with Gasteiger partial charge in [-0.1, -0.05) is 29.3 Å². The Morgan fingerprint density at radius 2 is 1.83 bits per heavy atom. The minimum absolute atomic E-state index is 0.0700. The third kappa shape index (κ3) is 6.47. The van der Waals surface area contributed by atoms with Gasteiger partial charge in [0.2, 0.25) is 0 Å². The van der Waals surface area contributed by atoms with Crippen molar-refractivity contribution in [3.05, 3.63) is 85.8 Å². The summed E-state index contributed by atoms with van der Waals surface area (Å²) in [5, 5.41) is 0.00916. The molecule has 1 fully saturated rings. The molecule has 0 spiro atoms. The Bertz CT molecular complexity index is 1300. The van der Waals surface area contributed by atoms with Gasteiger partial charge in [0.15, 0.2) is 11.5 Å². The van der Waals surface area contributed by atoms with Crippen LogP contribution in [0, 0.1) is 5.92 Å². The number of nitrogens with one attached hydrogen (secondary N) is 1. The van der Waals surface area contributed by atoms with Crippen LogP contribution >= 0.6 is 23.2 Å². The van der Waals surface area contributed by atoms with Crippen molar-refractivity contribution in [1.29, 1.82) is 0 Å².